The largest absolute Gasteiger partial charge is 0.462 e. The van der Waals surface area contributed by atoms with E-state index in [2.05, 4.69) is 10.1 Å². The van der Waals surface area contributed by atoms with Crippen LogP contribution in [0.5, 0.6) is 0 Å². The summed E-state index contributed by atoms with van der Waals surface area (Å²) >= 11 is 0. The van der Waals surface area contributed by atoms with Crippen molar-refractivity contribution in [2.45, 2.75) is 38.6 Å². The Labute approximate surface area is 84.1 Å². The van der Waals surface area contributed by atoms with Gasteiger partial charge < -0.3 is 20.3 Å². The first kappa shape index (κ1) is 13.4. The molecule has 5 nitrogen and oxygen atoms in total. The molecule has 0 unspecified atom stereocenters. The molecule has 0 radical (unpaired) electrons. The quantitative estimate of drug-likeness (QED) is 0.492. The number of β-amino-alcohol motifs (C(OH)–C–C–N with tert-alkyl or cyclic N) is 2. The second-order valence-electron chi connectivity index (χ2n) is 4.12. The van der Waals surface area contributed by atoms with Crippen molar-refractivity contribution in [1.29, 1.82) is 0 Å². The van der Waals surface area contributed by atoms with Crippen LogP contribution in [0.15, 0.2) is 0 Å². The highest BCUT2D eigenvalue weighted by molar-refractivity contribution is 5.37. The molecule has 0 aliphatic carbocycles. The molecular formula is C9H19NO4. The number of rotatable bonds is 1. The van der Waals surface area contributed by atoms with Crippen LogP contribution in [0.1, 0.15) is 20.8 Å². The molecular weight excluding hydrogens is 186 g/mol. The van der Waals surface area contributed by atoms with Crippen LogP contribution in [0, 0.1) is 0 Å². The highest BCUT2D eigenvalue weighted by Crippen LogP contribution is 2.02. The average molecular weight is 205 g/mol. The average Bonchev–Trinajstić information content (AvgIpc) is 2.35. The van der Waals surface area contributed by atoms with Crippen LogP contribution in [0.25, 0.3) is 0 Å². The van der Waals surface area contributed by atoms with Gasteiger partial charge in [0.05, 0.1) is 12.2 Å². The number of carbonyl (C=O) groups excluding carboxylic acids is 1. The molecule has 0 amide bonds. The van der Waals surface area contributed by atoms with Crippen LogP contribution < -0.4 is 5.32 Å². The Morgan fingerprint density at radius 1 is 1.29 bits per heavy atom. The fraction of sp³-hybridized carbons (Fsp3) is 0.889. The lowest BCUT2D eigenvalue weighted by Crippen LogP contribution is -2.22. The van der Waals surface area contributed by atoms with E-state index in [1.807, 2.05) is 20.8 Å². The fourth-order valence-electron chi connectivity index (χ4n) is 0.796. The van der Waals surface area contributed by atoms with E-state index in [4.69, 9.17) is 10.2 Å². The highest BCUT2D eigenvalue weighted by atomic mass is 16.5. The smallest absolute Gasteiger partial charge is 0.293 e. The summed E-state index contributed by atoms with van der Waals surface area (Å²) in [6.45, 7) is 6.98. The third-order valence-corrected chi connectivity index (χ3v) is 1.55. The summed E-state index contributed by atoms with van der Waals surface area (Å²) in [5, 5.41) is 20.2. The second kappa shape index (κ2) is 5.95. The van der Waals surface area contributed by atoms with E-state index in [1.54, 1.807) is 0 Å². The fourth-order valence-corrected chi connectivity index (χ4v) is 0.796. The maximum absolute atomic E-state index is 9.60. The van der Waals surface area contributed by atoms with Crippen molar-refractivity contribution in [3.63, 3.8) is 0 Å². The Morgan fingerprint density at radius 2 is 1.71 bits per heavy atom. The first-order chi connectivity index (χ1) is 6.37. The molecule has 0 saturated carbocycles. The van der Waals surface area contributed by atoms with Crippen LogP contribution in [-0.2, 0) is 9.53 Å². The molecule has 1 aliphatic heterocycles. The third kappa shape index (κ3) is 6.82. The molecule has 0 aromatic carbocycles. The van der Waals surface area contributed by atoms with Gasteiger partial charge in [-0.15, -0.1) is 0 Å². The van der Waals surface area contributed by atoms with E-state index in [-0.39, 0.29) is 5.60 Å². The van der Waals surface area contributed by atoms with Gasteiger partial charge in [0, 0.05) is 13.1 Å². The van der Waals surface area contributed by atoms with E-state index in [0.29, 0.717) is 19.6 Å². The number of hydrogen-bond donors (Lipinski definition) is 3. The van der Waals surface area contributed by atoms with Gasteiger partial charge in [0.1, 0.15) is 5.60 Å². The lowest BCUT2D eigenvalue weighted by molar-refractivity contribution is -0.138. The Balaban J connectivity index is 0.000000241. The normalized spacial score (nSPS) is 26.4. The molecule has 14 heavy (non-hydrogen) atoms. The molecule has 1 saturated heterocycles. The highest BCUT2D eigenvalue weighted by Gasteiger charge is 2.21. The lowest BCUT2D eigenvalue weighted by Gasteiger charge is -2.14. The zero-order valence-electron chi connectivity index (χ0n) is 8.86. The van der Waals surface area contributed by atoms with Crippen molar-refractivity contribution in [2.75, 3.05) is 13.1 Å². The number of nitrogens with one attached hydrogen (secondary N) is 1. The molecule has 0 spiro atoms. The van der Waals surface area contributed by atoms with Gasteiger partial charge in [-0.2, -0.15) is 0 Å². The van der Waals surface area contributed by atoms with Crippen LogP contribution >= 0.6 is 0 Å². The molecule has 0 aromatic rings. The van der Waals surface area contributed by atoms with Gasteiger partial charge >= 0.3 is 0 Å². The minimum Gasteiger partial charge on any atom is -0.462 e. The number of carbonyl (C=O) groups is 1. The molecule has 5 heteroatoms. The van der Waals surface area contributed by atoms with Gasteiger partial charge in [-0.1, -0.05) is 0 Å². The number of aliphatic hydroxyl groups excluding tert-OH is 2. The first-order valence-corrected chi connectivity index (χ1v) is 4.55. The number of hydrogen-bond acceptors (Lipinski definition) is 5. The second-order valence-corrected chi connectivity index (χ2v) is 4.12. The van der Waals surface area contributed by atoms with Gasteiger partial charge in [0.25, 0.3) is 6.47 Å². The zero-order chi connectivity index (χ0) is 11.2. The summed E-state index contributed by atoms with van der Waals surface area (Å²) in [7, 11) is 0. The van der Waals surface area contributed by atoms with Gasteiger partial charge in [-0.05, 0) is 20.8 Å². The summed E-state index contributed by atoms with van der Waals surface area (Å²) in [6, 6.07) is 0. The molecule has 2 atom stereocenters. The summed E-state index contributed by atoms with van der Waals surface area (Å²) in [6.07, 6.45) is -1.08. The predicted octanol–water partition coefficient (Wildman–Crippen LogP) is -0.731. The van der Waals surface area contributed by atoms with Gasteiger partial charge in [-0.3, -0.25) is 4.79 Å². The Hall–Kier alpha value is -0.650. The van der Waals surface area contributed by atoms with Gasteiger partial charge in [0.2, 0.25) is 0 Å². The molecule has 1 fully saturated rings. The molecule has 1 rings (SSSR count). The van der Waals surface area contributed by atoms with Gasteiger partial charge in [-0.25, -0.2) is 0 Å². The minimum atomic E-state index is -0.542. The summed E-state index contributed by atoms with van der Waals surface area (Å²) in [4.78, 5) is 9.60. The van der Waals surface area contributed by atoms with Crippen molar-refractivity contribution in [1.82, 2.24) is 5.32 Å². The standard InChI is InChI=1S/C5H10O2.C4H9NO2/c1-5(2,3)7-4-6;6-3-1-5-2-4(3)7/h4H,1-3H3;3-7H,1-2H2/t;3-,4+. The van der Waals surface area contributed by atoms with E-state index in [9.17, 15) is 4.79 Å². The van der Waals surface area contributed by atoms with Crippen molar-refractivity contribution >= 4 is 6.47 Å². The first-order valence-electron chi connectivity index (χ1n) is 4.55. The molecule has 3 N–H and O–H groups in total. The van der Waals surface area contributed by atoms with Crippen LogP contribution in [-0.4, -0.2) is 47.6 Å². The zero-order valence-corrected chi connectivity index (χ0v) is 8.86. The minimum absolute atomic E-state index is 0.318. The van der Waals surface area contributed by atoms with Crippen LogP contribution in [0.4, 0.5) is 0 Å². The topological polar surface area (TPSA) is 78.8 Å². The summed E-state index contributed by atoms with van der Waals surface area (Å²) < 4.78 is 4.55. The van der Waals surface area contributed by atoms with E-state index in [1.165, 1.54) is 0 Å². The van der Waals surface area contributed by atoms with Crippen LogP contribution in [0.2, 0.25) is 0 Å². The molecule has 0 aromatic heterocycles. The molecule has 1 aliphatic rings. The van der Waals surface area contributed by atoms with Crippen molar-refractivity contribution in [3.8, 4) is 0 Å². The number of aliphatic hydroxyl groups is 2. The van der Waals surface area contributed by atoms with Gasteiger partial charge in [0.15, 0.2) is 0 Å². The SMILES string of the molecule is CC(C)(C)OC=O.O[C@@H]1CNC[C@@H]1O. The van der Waals surface area contributed by atoms with Crippen molar-refractivity contribution in [2.24, 2.45) is 0 Å². The number of ether oxygens (including phenoxy) is 1. The van der Waals surface area contributed by atoms with Crippen molar-refractivity contribution in [3.05, 3.63) is 0 Å². The Kier molecular flexibility index (Phi) is 5.68. The molecule has 84 valence electrons. The Bertz CT molecular complexity index is 159. The summed E-state index contributed by atoms with van der Waals surface area (Å²) in [5.41, 5.74) is -0.318. The third-order valence-electron chi connectivity index (χ3n) is 1.55. The van der Waals surface area contributed by atoms with E-state index >= 15 is 0 Å². The van der Waals surface area contributed by atoms with Crippen molar-refractivity contribution < 1.29 is 19.7 Å². The predicted molar refractivity (Wildman–Crippen MR) is 51.8 cm³/mol. The van der Waals surface area contributed by atoms with Crippen LogP contribution in [0.3, 0.4) is 0 Å². The lowest BCUT2D eigenvalue weighted by atomic mass is 10.2. The Morgan fingerprint density at radius 3 is 1.79 bits per heavy atom. The maximum Gasteiger partial charge on any atom is 0.293 e. The summed E-state index contributed by atoms with van der Waals surface area (Å²) in [5.74, 6) is 0. The van der Waals surface area contributed by atoms with E-state index < -0.39 is 12.2 Å². The maximum atomic E-state index is 9.60. The molecule has 0 bridgehead atoms. The molecule has 1 heterocycles. The monoisotopic (exact) mass is 205 g/mol. The van der Waals surface area contributed by atoms with E-state index in [0.717, 1.165) is 0 Å².